The number of halogens is 4. The first-order chi connectivity index (χ1) is 8.99. The van der Waals surface area contributed by atoms with Crippen molar-refractivity contribution >= 4 is 27.5 Å². The van der Waals surface area contributed by atoms with Crippen LogP contribution in [0.15, 0.2) is 40.9 Å². The molecule has 0 fully saturated rings. The summed E-state index contributed by atoms with van der Waals surface area (Å²) >= 11 is 8.72. The zero-order chi connectivity index (χ0) is 14.0. The minimum absolute atomic E-state index is 0.0611. The van der Waals surface area contributed by atoms with Gasteiger partial charge in [-0.05, 0) is 46.1 Å². The molecule has 0 aromatic heterocycles. The normalized spacial score (nSPS) is 12.5. The van der Waals surface area contributed by atoms with Gasteiger partial charge in [0.05, 0.1) is 9.50 Å². The molecule has 0 radical (unpaired) electrons. The first-order valence-corrected chi connectivity index (χ1v) is 6.79. The third kappa shape index (κ3) is 3.32. The number of rotatable bonds is 3. The van der Waals surface area contributed by atoms with Crippen LogP contribution in [-0.4, -0.2) is 0 Å². The smallest absolute Gasteiger partial charge is 0.142 e. The highest BCUT2D eigenvalue weighted by molar-refractivity contribution is 9.10. The van der Waals surface area contributed by atoms with E-state index in [1.807, 2.05) is 0 Å². The second kappa shape index (κ2) is 5.99. The van der Waals surface area contributed by atoms with Crippen molar-refractivity contribution in [3.05, 3.63) is 68.7 Å². The molecule has 5 heteroatoms. The molecule has 0 amide bonds. The van der Waals surface area contributed by atoms with Gasteiger partial charge in [-0.3, -0.25) is 0 Å². The van der Waals surface area contributed by atoms with Crippen LogP contribution in [0.1, 0.15) is 17.2 Å². The minimum Gasteiger partial charge on any atom is -0.324 e. The fourth-order valence-electron chi connectivity index (χ4n) is 1.84. The van der Waals surface area contributed by atoms with Crippen LogP contribution in [0, 0.1) is 11.6 Å². The molecule has 0 saturated heterocycles. The highest BCUT2D eigenvalue weighted by atomic mass is 79.9. The summed E-state index contributed by atoms with van der Waals surface area (Å²) in [4.78, 5) is 0. The Labute approximate surface area is 123 Å². The van der Waals surface area contributed by atoms with Crippen molar-refractivity contribution in [3.8, 4) is 0 Å². The van der Waals surface area contributed by atoms with Gasteiger partial charge in [0, 0.05) is 11.6 Å². The molecule has 0 bridgehead atoms. The Kier molecular flexibility index (Phi) is 4.55. The second-order valence-corrected chi connectivity index (χ2v) is 5.46. The topological polar surface area (TPSA) is 26.0 Å². The van der Waals surface area contributed by atoms with E-state index in [0.29, 0.717) is 22.0 Å². The lowest BCUT2D eigenvalue weighted by Crippen LogP contribution is -2.15. The van der Waals surface area contributed by atoms with E-state index in [9.17, 15) is 8.78 Å². The monoisotopic (exact) mass is 345 g/mol. The summed E-state index contributed by atoms with van der Waals surface area (Å²) < 4.78 is 27.6. The molecule has 1 atom stereocenters. The molecule has 2 rings (SSSR count). The number of hydrogen-bond acceptors (Lipinski definition) is 1. The average Bonchev–Trinajstić information content (AvgIpc) is 2.37. The van der Waals surface area contributed by atoms with Crippen LogP contribution in [-0.2, 0) is 6.42 Å². The molecule has 2 aromatic rings. The summed E-state index contributed by atoms with van der Waals surface area (Å²) in [6.07, 6.45) is 0.335. The van der Waals surface area contributed by atoms with Crippen molar-refractivity contribution < 1.29 is 8.78 Å². The fraction of sp³-hybridized carbons (Fsp3) is 0.143. The van der Waals surface area contributed by atoms with Crippen LogP contribution in [0.4, 0.5) is 8.78 Å². The predicted molar refractivity (Wildman–Crippen MR) is 76.1 cm³/mol. The van der Waals surface area contributed by atoms with Crippen molar-refractivity contribution in [2.24, 2.45) is 5.73 Å². The van der Waals surface area contributed by atoms with E-state index >= 15 is 0 Å². The maximum atomic E-state index is 13.9. The van der Waals surface area contributed by atoms with Crippen LogP contribution in [0.3, 0.4) is 0 Å². The van der Waals surface area contributed by atoms with Crippen LogP contribution < -0.4 is 5.73 Å². The predicted octanol–water partition coefficient (Wildman–Crippen LogP) is 4.62. The van der Waals surface area contributed by atoms with Gasteiger partial charge >= 0.3 is 0 Å². The number of hydrogen-bond donors (Lipinski definition) is 1. The van der Waals surface area contributed by atoms with Crippen LogP contribution >= 0.6 is 27.5 Å². The third-order valence-corrected chi connectivity index (χ3v) is 3.74. The van der Waals surface area contributed by atoms with Gasteiger partial charge < -0.3 is 5.73 Å². The highest BCUT2D eigenvalue weighted by Crippen LogP contribution is 2.25. The molecule has 0 heterocycles. The van der Waals surface area contributed by atoms with Gasteiger partial charge in [0.25, 0.3) is 0 Å². The van der Waals surface area contributed by atoms with Crippen LogP contribution in [0.5, 0.6) is 0 Å². The van der Waals surface area contributed by atoms with Gasteiger partial charge in [-0.25, -0.2) is 8.78 Å². The lowest BCUT2D eigenvalue weighted by molar-refractivity contribution is 0.573. The Hall–Kier alpha value is -0.970. The maximum absolute atomic E-state index is 13.9. The molecule has 0 aliphatic heterocycles. The second-order valence-electron chi connectivity index (χ2n) is 4.20. The summed E-state index contributed by atoms with van der Waals surface area (Å²) in [5.74, 6) is -0.884. The molecule has 2 aromatic carbocycles. The zero-order valence-electron chi connectivity index (χ0n) is 9.84. The van der Waals surface area contributed by atoms with Gasteiger partial charge in [0.2, 0.25) is 0 Å². The highest BCUT2D eigenvalue weighted by Gasteiger charge is 2.14. The van der Waals surface area contributed by atoms with Gasteiger partial charge in [-0.15, -0.1) is 0 Å². The summed E-state index contributed by atoms with van der Waals surface area (Å²) in [5, 5.41) is 0.0611. The van der Waals surface area contributed by atoms with Crippen molar-refractivity contribution in [3.63, 3.8) is 0 Å². The van der Waals surface area contributed by atoms with Gasteiger partial charge in [-0.2, -0.15) is 0 Å². The summed E-state index contributed by atoms with van der Waals surface area (Å²) in [5.41, 5.74) is 7.04. The van der Waals surface area contributed by atoms with E-state index in [4.69, 9.17) is 17.3 Å². The third-order valence-electron chi connectivity index (χ3n) is 2.82. The molecule has 0 aliphatic rings. The van der Waals surface area contributed by atoms with Gasteiger partial charge in [-0.1, -0.05) is 29.8 Å². The minimum atomic E-state index is -0.543. The molecule has 1 nitrogen and oxygen atoms in total. The molecule has 0 saturated carbocycles. The Morgan fingerprint density at radius 1 is 1.21 bits per heavy atom. The Bertz CT molecular complexity index is 604. The molecule has 0 aliphatic carbocycles. The van der Waals surface area contributed by atoms with Crippen molar-refractivity contribution in [1.82, 2.24) is 0 Å². The molecule has 0 spiro atoms. The van der Waals surface area contributed by atoms with E-state index in [1.54, 1.807) is 24.3 Å². The molecule has 2 N–H and O–H groups in total. The maximum Gasteiger partial charge on any atom is 0.142 e. The molecule has 1 unspecified atom stereocenters. The molecule has 19 heavy (non-hydrogen) atoms. The SMILES string of the molecule is NC(Cc1ccc(Cl)c(F)c1)c1cccc(Br)c1F. The quantitative estimate of drug-likeness (QED) is 0.862. The lowest BCUT2D eigenvalue weighted by Gasteiger charge is -2.14. The zero-order valence-corrected chi connectivity index (χ0v) is 12.2. The van der Waals surface area contributed by atoms with E-state index in [1.165, 1.54) is 12.1 Å². The standard InChI is InChI=1S/C14H11BrClF2N/c15-10-3-1-2-9(14(10)18)13(19)7-8-4-5-11(16)12(17)6-8/h1-6,13H,7,19H2. The van der Waals surface area contributed by atoms with E-state index < -0.39 is 11.9 Å². The molecular weight excluding hydrogens is 336 g/mol. The van der Waals surface area contributed by atoms with Crippen molar-refractivity contribution in [1.29, 1.82) is 0 Å². The fourth-order valence-corrected chi connectivity index (χ4v) is 2.34. The summed E-state index contributed by atoms with van der Waals surface area (Å²) in [7, 11) is 0. The Morgan fingerprint density at radius 3 is 2.63 bits per heavy atom. The number of benzene rings is 2. The van der Waals surface area contributed by atoms with Crippen LogP contribution in [0.25, 0.3) is 0 Å². The van der Waals surface area contributed by atoms with E-state index in [-0.39, 0.29) is 10.8 Å². The van der Waals surface area contributed by atoms with Crippen LogP contribution in [0.2, 0.25) is 5.02 Å². The molecular formula is C14H11BrClF2N. The van der Waals surface area contributed by atoms with E-state index in [0.717, 1.165) is 0 Å². The largest absolute Gasteiger partial charge is 0.324 e. The summed E-state index contributed by atoms with van der Waals surface area (Å²) in [6.45, 7) is 0. The Balaban J connectivity index is 2.23. The lowest BCUT2D eigenvalue weighted by atomic mass is 9.99. The Morgan fingerprint density at radius 2 is 1.95 bits per heavy atom. The average molecular weight is 347 g/mol. The number of nitrogens with two attached hydrogens (primary N) is 1. The van der Waals surface area contributed by atoms with Gasteiger partial charge in [0.15, 0.2) is 0 Å². The molecule has 100 valence electrons. The van der Waals surface area contributed by atoms with Gasteiger partial charge in [0.1, 0.15) is 11.6 Å². The first-order valence-electron chi connectivity index (χ1n) is 5.62. The first kappa shape index (κ1) is 14.4. The van der Waals surface area contributed by atoms with E-state index in [2.05, 4.69) is 15.9 Å². The van der Waals surface area contributed by atoms with Crippen molar-refractivity contribution in [2.45, 2.75) is 12.5 Å². The summed E-state index contributed by atoms with van der Waals surface area (Å²) in [6, 6.07) is 8.86. The van der Waals surface area contributed by atoms with Crippen molar-refractivity contribution in [2.75, 3.05) is 0 Å².